The third-order valence-electron chi connectivity index (χ3n) is 8.63. The van der Waals surface area contributed by atoms with E-state index in [1.165, 1.54) is 35.5 Å². The molecule has 3 atom stereocenters. The Morgan fingerprint density at radius 1 is 0.973 bits per heavy atom. The van der Waals surface area contributed by atoms with Crippen LogP contribution in [0.1, 0.15) is 36.6 Å². The summed E-state index contributed by atoms with van der Waals surface area (Å²) < 4.78 is 5.73. The molecular formula is C29H45N7O. The first kappa shape index (κ1) is 26.3. The smallest absolute Gasteiger partial charge is 0.136 e. The van der Waals surface area contributed by atoms with Crippen molar-refractivity contribution in [2.24, 2.45) is 17.4 Å². The van der Waals surface area contributed by atoms with Crippen molar-refractivity contribution in [1.82, 2.24) is 14.7 Å². The van der Waals surface area contributed by atoms with Gasteiger partial charge >= 0.3 is 0 Å². The fourth-order valence-corrected chi connectivity index (χ4v) is 6.65. The van der Waals surface area contributed by atoms with Gasteiger partial charge in [-0.2, -0.15) is 0 Å². The summed E-state index contributed by atoms with van der Waals surface area (Å²) in [5.41, 5.74) is 18.8. The first-order chi connectivity index (χ1) is 17.9. The number of likely N-dealkylation sites (tertiary alicyclic amines) is 2. The van der Waals surface area contributed by atoms with Crippen LogP contribution in [0, 0.1) is 5.92 Å². The van der Waals surface area contributed by atoms with Crippen LogP contribution < -0.4 is 26.0 Å². The number of piperidine rings is 1. The van der Waals surface area contributed by atoms with E-state index in [0.717, 1.165) is 51.3 Å². The zero-order chi connectivity index (χ0) is 26.1. The van der Waals surface area contributed by atoms with E-state index in [4.69, 9.17) is 16.2 Å². The standard InChI is InChI=1S/C29H45N7O/c1-32(2)25-10-7-11-27(37-4)24(25)20-34-16-13-22(14-17-34)36-28(30)23-8-5-6-9-26(23)35(29(36)31)19-21-12-15-33(3)18-21/h5-11,21-22,28-29H,12-20,30-31H2,1-4H3. The quantitative estimate of drug-likeness (QED) is 0.593. The fraction of sp³-hybridized carbons (Fsp3) is 0.586. The van der Waals surface area contributed by atoms with Gasteiger partial charge in [-0.05, 0) is 70.1 Å². The lowest BCUT2D eigenvalue weighted by Crippen LogP contribution is -2.65. The Kier molecular flexibility index (Phi) is 7.93. The van der Waals surface area contributed by atoms with Gasteiger partial charge in [-0.25, -0.2) is 4.90 Å². The molecule has 2 aromatic rings. The molecule has 3 unspecified atom stereocenters. The van der Waals surface area contributed by atoms with Gasteiger partial charge in [-0.1, -0.05) is 24.3 Å². The van der Waals surface area contributed by atoms with E-state index in [0.29, 0.717) is 12.0 Å². The summed E-state index contributed by atoms with van der Waals surface area (Å²) in [6.45, 7) is 6.19. The highest BCUT2D eigenvalue weighted by Crippen LogP contribution is 2.39. The Morgan fingerprint density at radius 2 is 1.73 bits per heavy atom. The summed E-state index contributed by atoms with van der Waals surface area (Å²) in [5.74, 6) is 1.59. The van der Waals surface area contributed by atoms with Crippen molar-refractivity contribution in [1.29, 1.82) is 0 Å². The normalized spacial score (nSPS) is 25.9. The molecule has 8 nitrogen and oxygen atoms in total. The third-order valence-corrected chi connectivity index (χ3v) is 8.63. The minimum Gasteiger partial charge on any atom is -0.496 e. The number of para-hydroxylation sites is 1. The van der Waals surface area contributed by atoms with Crippen LogP contribution in [0.15, 0.2) is 42.5 Å². The number of hydrogen-bond acceptors (Lipinski definition) is 8. The second kappa shape index (κ2) is 11.2. The second-order valence-electron chi connectivity index (χ2n) is 11.3. The molecule has 3 aliphatic heterocycles. The van der Waals surface area contributed by atoms with Gasteiger partial charge in [0.15, 0.2) is 0 Å². The number of fused-ring (bicyclic) bond motifs is 1. The lowest BCUT2D eigenvalue weighted by atomic mass is 9.96. The monoisotopic (exact) mass is 507 g/mol. The van der Waals surface area contributed by atoms with E-state index >= 15 is 0 Å². The molecule has 3 heterocycles. The molecule has 0 amide bonds. The Hall–Kier alpha value is -2.36. The minimum absolute atomic E-state index is 0.181. The van der Waals surface area contributed by atoms with Gasteiger partial charge in [0.1, 0.15) is 12.0 Å². The molecule has 0 bridgehead atoms. The number of methoxy groups -OCH3 is 1. The lowest BCUT2D eigenvalue weighted by Gasteiger charge is -2.52. The van der Waals surface area contributed by atoms with E-state index in [1.807, 2.05) is 0 Å². The predicted molar refractivity (Wildman–Crippen MR) is 152 cm³/mol. The van der Waals surface area contributed by atoms with Gasteiger partial charge in [0.25, 0.3) is 0 Å². The second-order valence-corrected chi connectivity index (χ2v) is 11.3. The van der Waals surface area contributed by atoms with Gasteiger partial charge in [-0.15, -0.1) is 0 Å². The van der Waals surface area contributed by atoms with Crippen LogP contribution in [0.25, 0.3) is 0 Å². The number of anilines is 2. The molecule has 4 N–H and O–H groups in total. The number of rotatable bonds is 7. The van der Waals surface area contributed by atoms with Gasteiger partial charge in [-0.3, -0.25) is 10.6 Å². The molecule has 2 aromatic carbocycles. The molecule has 37 heavy (non-hydrogen) atoms. The summed E-state index contributed by atoms with van der Waals surface area (Å²) >= 11 is 0. The van der Waals surface area contributed by atoms with E-state index in [1.54, 1.807) is 7.11 Å². The molecule has 3 aliphatic rings. The first-order valence-electron chi connectivity index (χ1n) is 13.8. The molecule has 0 aliphatic carbocycles. The zero-order valence-corrected chi connectivity index (χ0v) is 23.0. The number of benzene rings is 2. The summed E-state index contributed by atoms with van der Waals surface area (Å²) in [4.78, 5) is 12.0. The molecule has 2 saturated heterocycles. The van der Waals surface area contributed by atoms with E-state index < -0.39 is 0 Å². The van der Waals surface area contributed by atoms with Gasteiger partial charge in [0, 0.05) is 62.3 Å². The van der Waals surface area contributed by atoms with Crippen molar-refractivity contribution in [2.45, 2.75) is 44.3 Å². The SMILES string of the molecule is COc1cccc(N(C)C)c1CN1CCC(N2C(N)c3ccccc3N(CC3CCN(C)C3)C2N)CC1. The summed E-state index contributed by atoms with van der Waals surface area (Å²) in [5, 5.41) is 0. The molecule has 0 spiro atoms. The van der Waals surface area contributed by atoms with Crippen molar-refractivity contribution in [2.75, 3.05) is 70.8 Å². The van der Waals surface area contributed by atoms with Crippen LogP contribution in [0.2, 0.25) is 0 Å². The molecule has 8 heteroatoms. The van der Waals surface area contributed by atoms with E-state index in [9.17, 15) is 0 Å². The third kappa shape index (κ3) is 5.31. The van der Waals surface area contributed by atoms with Gasteiger partial charge in [0.2, 0.25) is 0 Å². The van der Waals surface area contributed by atoms with Crippen LogP contribution in [-0.2, 0) is 6.54 Å². The summed E-state index contributed by atoms with van der Waals surface area (Å²) in [6.07, 6.45) is 2.94. The Bertz CT molecular complexity index is 1050. The first-order valence-corrected chi connectivity index (χ1v) is 13.8. The maximum Gasteiger partial charge on any atom is 0.136 e. The van der Waals surface area contributed by atoms with Crippen LogP contribution in [0.3, 0.4) is 0 Å². The van der Waals surface area contributed by atoms with Crippen LogP contribution in [0.5, 0.6) is 5.75 Å². The van der Waals surface area contributed by atoms with Crippen molar-refractivity contribution in [3.05, 3.63) is 53.6 Å². The van der Waals surface area contributed by atoms with Gasteiger partial charge in [0.05, 0.1) is 13.3 Å². The number of hydrogen-bond donors (Lipinski definition) is 2. The molecule has 202 valence electrons. The topological polar surface area (TPSA) is 77.5 Å². The molecule has 2 fully saturated rings. The molecule has 0 aromatic heterocycles. The highest BCUT2D eigenvalue weighted by Gasteiger charge is 2.41. The van der Waals surface area contributed by atoms with Gasteiger partial charge < -0.3 is 25.2 Å². The average molecular weight is 508 g/mol. The Balaban J connectivity index is 1.30. The number of nitrogens with zero attached hydrogens (tertiary/aromatic N) is 5. The molecule has 0 saturated carbocycles. The minimum atomic E-state index is -0.207. The van der Waals surface area contributed by atoms with Crippen molar-refractivity contribution in [3.8, 4) is 5.75 Å². The van der Waals surface area contributed by atoms with Crippen LogP contribution in [-0.4, -0.2) is 88.0 Å². The van der Waals surface area contributed by atoms with Crippen LogP contribution >= 0.6 is 0 Å². The number of ether oxygens (including phenoxy) is 1. The highest BCUT2D eigenvalue weighted by atomic mass is 16.5. The molecular weight excluding hydrogens is 462 g/mol. The fourth-order valence-electron chi connectivity index (χ4n) is 6.65. The maximum atomic E-state index is 7.04. The number of nitrogens with two attached hydrogens (primary N) is 2. The Labute approximate surface area is 222 Å². The average Bonchev–Trinajstić information content (AvgIpc) is 3.32. The predicted octanol–water partition coefficient (Wildman–Crippen LogP) is 2.70. The lowest BCUT2D eigenvalue weighted by molar-refractivity contribution is 0.0274. The van der Waals surface area contributed by atoms with Crippen molar-refractivity contribution >= 4 is 11.4 Å². The summed E-state index contributed by atoms with van der Waals surface area (Å²) in [7, 11) is 8.16. The summed E-state index contributed by atoms with van der Waals surface area (Å²) in [6, 6.07) is 15.3. The Morgan fingerprint density at radius 3 is 2.41 bits per heavy atom. The van der Waals surface area contributed by atoms with E-state index in [-0.39, 0.29) is 12.5 Å². The van der Waals surface area contributed by atoms with Crippen molar-refractivity contribution < 1.29 is 4.74 Å². The molecule has 5 rings (SSSR count). The van der Waals surface area contributed by atoms with Crippen LogP contribution in [0.4, 0.5) is 11.4 Å². The van der Waals surface area contributed by atoms with Crippen molar-refractivity contribution in [3.63, 3.8) is 0 Å². The molecule has 0 radical (unpaired) electrons. The largest absolute Gasteiger partial charge is 0.496 e. The maximum absolute atomic E-state index is 7.04. The zero-order valence-electron chi connectivity index (χ0n) is 23.0. The highest BCUT2D eigenvalue weighted by molar-refractivity contribution is 5.59. The van der Waals surface area contributed by atoms with E-state index in [2.05, 4.69) is 88.1 Å².